The third kappa shape index (κ3) is 3.47. The van der Waals surface area contributed by atoms with Gasteiger partial charge in [-0.25, -0.2) is 0 Å². The van der Waals surface area contributed by atoms with Crippen molar-refractivity contribution in [1.82, 2.24) is 4.90 Å². The largest absolute Gasteiger partial charge is 0.306 e. The topological polar surface area (TPSA) is 3.24 Å². The molecule has 1 heterocycles. The number of thiophene rings is 1. The number of likely N-dealkylation sites (N-methyl/N-ethyl adjacent to an activating group) is 1. The summed E-state index contributed by atoms with van der Waals surface area (Å²) < 4.78 is 0. The molecule has 0 aliphatic heterocycles. The normalized spacial score (nSPS) is 25.5. The summed E-state index contributed by atoms with van der Waals surface area (Å²) in [5.41, 5.74) is 1.47. The molecule has 1 saturated carbocycles. The van der Waals surface area contributed by atoms with Crippen LogP contribution in [0.25, 0.3) is 0 Å². The Bertz CT molecular complexity index is 280. The fourth-order valence-corrected chi connectivity index (χ4v) is 3.30. The molecule has 0 amide bonds. The number of hydrogen-bond donors (Lipinski definition) is 0. The van der Waals surface area contributed by atoms with E-state index < -0.39 is 0 Å². The predicted molar refractivity (Wildman–Crippen MR) is 67.9 cm³/mol. The molecule has 0 spiro atoms. The minimum Gasteiger partial charge on any atom is -0.306 e. The van der Waals surface area contributed by atoms with Crippen molar-refractivity contribution in [2.45, 2.75) is 24.6 Å². The molecule has 15 heavy (non-hydrogen) atoms. The standard InChI is InChI=1S/C12H18ClNS/c1-14(8-11-6-12(13)7-11)4-2-10-3-5-15-9-10/h3,5,9,11-12H,2,4,6-8H2,1H3. The molecule has 1 aromatic heterocycles. The van der Waals surface area contributed by atoms with Crippen LogP contribution in [0.2, 0.25) is 0 Å². The van der Waals surface area contributed by atoms with E-state index in [0.717, 1.165) is 5.92 Å². The molecule has 1 aromatic rings. The van der Waals surface area contributed by atoms with Crippen LogP contribution in [0.5, 0.6) is 0 Å². The molecule has 1 aliphatic rings. The summed E-state index contributed by atoms with van der Waals surface area (Å²) in [4.78, 5) is 2.44. The molecule has 84 valence electrons. The van der Waals surface area contributed by atoms with E-state index in [1.807, 2.05) is 0 Å². The molecule has 0 bridgehead atoms. The van der Waals surface area contributed by atoms with Gasteiger partial charge in [0.2, 0.25) is 0 Å². The highest BCUT2D eigenvalue weighted by Crippen LogP contribution is 2.32. The Morgan fingerprint density at radius 3 is 2.93 bits per heavy atom. The summed E-state index contributed by atoms with van der Waals surface area (Å²) in [6.07, 6.45) is 3.60. The lowest BCUT2D eigenvalue weighted by atomic mass is 9.84. The molecule has 0 radical (unpaired) electrons. The van der Waals surface area contributed by atoms with Crippen LogP contribution in [0.4, 0.5) is 0 Å². The lowest BCUT2D eigenvalue weighted by Crippen LogP contribution is -2.35. The van der Waals surface area contributed by atoms with E-state index in [-0.39, 0.29) is 0 Å². The van der Waals surface area contributed by atoms with E-state index in [4.69, 9.17) is 11.6 Å². The van der Waals surface area contributed by atoms with Crippen molar-refractivity contribution in [1.29, 1.82) is 0 Å². The van der Waals surface area contributed by atoms with Gasteiger partial charge in [0, 0.05) is 18.5 Å². The molecule has 1 nitrogen and oxygen atoms in total. The van der Waals surface area contributed by atoms with E-state index in [2.05, 4.69) is 28.8 Å². The van der Waals surface area contributed by atoms with Crippen molar-refractivity contribution in [3.05, 3.63) is 22.4 Å². The van der Waals surface area contributed by atoms with Crippen molar-refractivity contribution in [2.24, 2.45) is 5.92 Å². The fourth-order valence-electron chi connectivity index (χ4n) is 2.09. The van der Waals surface area contributed by atoms with Crippen molar-refractivity contribution < 1.29 is 0 Å². The van der Waals surface area contributed by atoms with Crippen LogP contribution < -0.4 is 0 Å². The zero-order chi connectivity index (χ0) is 10.7. The van der Waals surface area contributed by atoms with Gasteiger partial charge in [0.15, 0.2) is 0 Å². The van der Waals surface area contributed by atoms with Crippen LogP contribution in [0.15, 0.2) is 16.8 Å². The van der Waals surface area contributed by atoms with Crippen molar-refractivity contribution in [3.8, 4) is 0 Å². The molecule has 2 rings (SSSR count). The smallest absolute Gasteiger partial charge is 0.0342 e. The highest BCUT2D eigenvalue weighted by atomic mass is 35.5. The van der Waals surface area contributed by atoms with Crippen molar-refractivity contribution in [2.75, 3.05) is 20.1 Å². The Labute approximate surface area is 101 Å². The molecule has 0 aromatic carbocycles. The highest BCUT2D eigenvalue weighted by Gasteiger charge is 2.27. The molecule has 1 fully saturated rings. The van der Waals surface area contributed by atoms with Gasteiger partial charge in [-0.3, -0.25) is 0 Å². The molecule has 3 heteroatoms. The van der Waals surface area contributed by atoms with Gasteiger partial charge in [-0.2, -0.15) is 11.3 Å². The second kappa shape index (κ2) is 5.33. The first-order valence-corrected chi connectivity index (χ1v) is 6.95. The molecular weight excluding hydrogens is 226 g/mol. The molecule has 0 atom stereocenters. The van der Waals surface area contributed by atoms with Gasteiger partial charge in [-0.05, 0) is 54.6 Å². The quantitative estimate of drug-likeness (QED) is 0.718. The van der Waals surface area contributed by atoms with Gasteiger partial charge < -0.3 is 4.90 Å². The molecule has 0 unspecified atom stereocenters. The van der Waals surface area contributed by atoms with E-state index in [1.165, 1.54) is 37.9 Å². The average molecular weight is 244 g/mol. The molecular formula is C12H18ClNS. The number of hydrogen-bond acceptors (Lipinski definition) is 2. The Balaban J connectivity index is 1.62. The van der Waals surface area contributed by atoms with Crippen LogP contribution >= 0.6 is 22.9 Å². The average Bonchev–Trinajstić information content (AvgIpc) is 2.65. The van der Waals surface area contributed by atoms with Gasteiger partial charge in [0.1, 0.15) is 0 Å². The van der Waals surface area contributed by atoms with Crippen molar-refractivity contribution in [3.63, 3.8) is 0 Å². The number of nitrogens with zero attached hydrogens (tertiary/aromatic N) is 1. The Morgan fingerprint density at radius 2 is 2.33 bits per heavy atom. The summed E-state index contributed by atoms with van der Waals surface area (Å²) in [5.74, 6) is 0.847. The van der Waals surface area contributed by atoms with Crippen molar-refractivity contribution >= 4 is 22.9 Å². The van der Waals surface area contributed by atoms with Crippen LogP contribution in [0.3, 0.4) is 0 Å². The molecule has 0 N–H and O–H groups in total. The summed E-state index contributed by atoms with van der Waals surface area (Å²) in [5, 5.41) is 4.85. The maximum Gasteiger partial charge on any atom is 0.0342 e. The van der Waals surface area contributed by atoms with Gasteiger partial charge in [-0.1, -0.05) is 0 Å². The summed E-state index contributed by atoms with van der Waals surface area (Å²) >= 11 is 7.75. The van der Waals surface area contributed by atoms with Gasteiger partial charge in [0.05, 0.1) is 0 Å². The lowest BCUT2D eigenvalue weighted by Gasteiger charge is -2.34. The fraction of sp³-hybridized carbons (Fsp3) is 0.667. The first-order valence-electron chi connectivity index (χ1n) is 5.57. The van der Waals surface area contributed by atoms with Crippen LogP contribution in [0.1, 0.15) is 18.4 Å². The van der Waals surface area contributed by atoms with Crippen LogP contribution in [0, 0.1) is 5.92 Å². The summed E-state index contributed by atoms with van der Waals surface area (Å²) in [7, 11) is 2.22. The second-order valence-corrected chi connectivity index (χ2v) is 5.98. The van der Waals surface area contributed by atoms with Gasteiger partial charge in [-0.15, -0.1) is 11.6 Å². The van der Waals surface area contributed by atoms with E-state index in [9.17, 15) is 0 Å². The second-order valence-electron chi connectivity index (χ2n) is 4.58. The zero-order valence-corrected chi connectivity index (χ0v) is 10.7. The first kappa shape index (κ1) is 11.4. The maximum atomic E-state index is 5.97. The van der Waals surface area contributed by atoms with Gasteiger partial charge >= 0.3 is 0 Å². The number of halogens is 1. The Hall–Kier alpha value is -0.0500. The maximum absolute atomic E-state index is 5.97. The van der Waals surface area contributed by atoms with Gasteiger partial charge in [0.25, 0.3) is 0 Å². The number of rotatable bonds is 5. The van der Waals surface area contributed by atoms with E-state index >= 15 is 0 Å². The monoisotopic (exact) mass is 243 g/mol. The third-order valence-corrected chi connectivity index (χ3v) is 4.20. The first-order chi connectivity index (χ1) is 7.24. The molecule has 1 aliphatic carbocycles. The van der Waals surface area contributed by atoms with Crippen LogP contribution in [-0.4, -0.2) is 30.4 Å². The summed E-state index contributed by atoms with van der Waals surface area (Å²) in [6.45, 7) is 2.38. The summed E-state index contributed by atoms with van der Waals surface area (Å²) in [6, 6.07) is 2.22. The Kier molecular flexibility index (Phi) is 4.06. The molecule has 0 saturated heterocycles. The SMILES string of the molecule is CN(CCc1ccsc1)CC1CC(Cl)C1. The van der Waals surface area contributed by atoms with E-state index in [0.29, 0.717) is 5.38 Å². The minimum absolute atomic E-state index is 0.459. The number of alkyl halides is 1. The predicted octanol–water partition coefficient (Wildman–Crippen LogP) is 3.24. The third-order valence-electron chi connectivity index (χ3n) is 3.11. The Morgan fingerprint density at radius 1 is 1.53 bits per heavy atom. The zero-order valence-electron chi connectivity index (χ0n) is 9.16. The minimum atomic E-state index is 0.459. The lowest BCUT2D eigenvalue weighted by molar-refractivity contribution is 0.211. The van der Waals surface area contributed by atoms with E-state index in [1.54, 1.807) is 11.3 Å². The highest BCUT2D eigenvalue weighted by molar-refractivity contribution is 7.07. The van der Waals surface area contributed by atoms with Crippen LogP contribution in [-0.2, 0) is 6.42 Å².